The molecule has 2 N–H and O–H groups in total. The molecule has 1 saturated carbocycles. The van der Waals surface area contributed by atoms with Gasteiger partial charge in [0.15, 0.2) is 0 Å². The average Bonchev–Trinajstić information content (AvgIpc) is 2.94. The molecule has 0 heterocycles. The monoisotopic (exact) mass is 575 g/mol. The Bertz CT molecular complexity index is 1490. The number of anilines is 2. The number of carboxylic acids is 1. The average molecular weight is 576 g/mol. The van der Waals surface area contributed by atoms with Crippen molar-refractivity contribution in [3.8, 4) is 11.1 Å². The first-order valence-corrected chi connectivity index (χ1v) is 15.5. The molecule has 0 atom stereocenters. The van der Waals surface area contributed by atoms with Crippen LogP contribution in [-0.2, 0) is 26.2 Å². The summed E-state index contributed by atoms with van der Waals surface area (Å²) < 4.78 is 26.0. The standard InChI is InChI=1S/C32H37N3O5S/c1-34(2)29-18-14-26(15-19-29)25-10-7-24(8-11-25)22-35(30-6-4-5-23(21-30)9-20-31(36)37)32(38)27-12-16-28(17-13-27)33-41(3,39)40/h4-11,14-15,18-21,27-28,33H,12-13,16-17,22H2,1-3H3,(H,36,37)/b20-9+. The van der Waals surface area contributed by atoms with Crippen LogP contribution in [0.2, 0.25) is 0 Å². The van der Waals surface area contributed by atoms with Crippen molar-refractivity contribution >= 4 is 39.4 Å². The highest BCUT2D eigenvalue weighted by molar-refractivity contribution is 7.88. The molecule has 41 heavy (non-hydrogen) atoms. The van der Waals surface area contributed by atoms with Gasteiger partial charge >= 0.3 is 5.97 Å². The van der Waals surface area contributed by atoms with Gasteiger partial charge in [0.2, 0.25) is 15.9 Å². The number of nitrogens with one attached hydrogen (secondary N) is 1. The minimum absolute atomic E-state index is 0.0227. The second-order valence-electron chi connectivity index (χ2n) is 10.8. The maximum Gasteiger partial charge on any atom is 0.328 e. The van der Waals surface area contributed by atoms with Crippen LogP contribution in [0.15, 0.2) is 78.9 Å². The van der Waals surface area contributed by atoms with E-state index in [1.54, 1.807) is 11.0 Å². The molecule has 1 amide bonds. The lowest BCUT2D eigenvalue weighted by atomic mass is 9.85. The van der Waals surface area contributed by atoms with Crippen LogP contribution in [0, 0.1) is 5.92 Å². The van der Waals surface area contributed by atoms with Gasteiger partial charge in [-0.05, 0) is 78.3 Å². The summed E-state index contributed by atoms with van der Waals surface area (Å²) in [5, 5.41) is 9.04. The molecule has 0 unspecified atom stereocenters. The quantitative estimate of drug-likeness (QED) is 0.324. The van der Waals surface area contributed by atoms with Gasteiger partial charge in [0.25, 0.3) is 0 Å². The van der Waals surface area contributed by atoms with Gasteiger partial charge in [0, 0.05) is 43.5 Å². The minimum atomic E-state index is -3.30. The van der Waals surface area contributed by atoms with Crippen molar-refractivity contribution in [1.82, 2.24) is 4.72 Å². The van der Waals surface area contributed by atoms with Crippen molar-refractivity contribution in [3.05, 3.63) is 90.0 Å². The van der Waals surface area contributed by atoms with Gasteiger partial charge in [0.1, 0.15) is 0 Å². The number of rotatable bonds is 10. The number of sulfonamides is 1. The van der Waals surface area contributed by atoms with Crippen molar-refractivity contribution in [3.63, 3.8) is 0 Å². The lowest BCUT2D eigenvalue weighted by Crippen LogP contribution is -2.42. The molecule has 8 nitrogen and oxygen atoms in total. The van der Waals surface area contributed by atoms with Gasteiger partial charge in [-0.25, -0.2) is 17.9 Å². The highest BCUT2D eigenvalue weighted by Gasteiger charge is 2.31. The smallest absolute Gasteiger partial charge is 0.328 e. The summed E-state index contributed by atoms with van der Waals surface area (Å²) in [5.41, 5.74) is 5.64. The Morgan fingerprint density at radius 2 is 1.51 bits per heavy atom. The summed E-state index contributed by atoms with van der Waals surface area (Å²) in [7, 11) is 0.711. The van der Waals surface area contributed by atoms with Crippen molar-refractivity contribution in [2.75, 3.05) is 30.2 Å². The first kappa shape index (κ1) is 30.0. The second-order valence-corrected chi connectivity index (χ2v) is 12.5. The molecule has 0 spiro atoms. The SMILES string of the molecule is CN(C)c1ccc(-c2ccc(CN(C(=O)C3CCC(NS(C)(=O)=O)CC3)c3cccc(/C=C/C(=O)O)c3)cc2)cc1. The topological polar surface area (TPSA) is 107 Å². The zero-order valence-corrected chi connectivity index (χ0v) is 24.5. The van der Waals surface area contributed by atoms with Gasteiger partial charge in [-0.2, -0.15) is 0 Å². The third kappa shape index (κ3) is 8.52. The molecule has 1 fully saturated rings. The minimum Gasteiger partial charge on any atom is -0.478 e. The highest BCUT2D eigenvalue weighted by Crippen LogP contribution is 2.30. The van der Waals surface area contributed by atoms with Gasteiger partial charge < -0.3 is 14.9 Å². The lowest BCUT2D eigenvalue weighted by molar-refractivity contribution is -0.131. The van der Waals surface area contributed by atoms with Gasteiger partial charge in [-0.1, -0.05) is 48.5 Å². The number of carbonyl (C=O) groups is 2. The number of benzene rings is 3. The molecular weight excluding hydrogens is 538 g/mol. The Hall–Kier alpha value is -3.95. The molecule has 0 saturated heterocycles. The Labute approximate surface area is 242 Å². The van der Waals surface area contributed by atoms with Crippen molar-refractivity contribution in [1.29, 1.82) is 0 Å². The fraction of sp³-hybridized carbons (Fsp3) is 0.312. The lowest BCUT2D eigenvalue weighted by Gasteiger charge is -2.32. The van der Waals surface area contributed by atoms with Crippen LogP contribution in [0.4, 0.5) is 11.4 Å². The third-order valence-corrected chi connectivity index (χ3v) is 8.10. The summed E-state index contributed by atoms with van der Waals surface area (Å²) >= 11 is 0. The van der Waals surface area contributed by atoms with E-state index >= 15 is 0 Å². The molecule has 0 aromatic heterocycles. The first-order valence-electron chi connectivity index (χ1n) is 13.6. The number of amides is 1. The van der Waals surface area contributed by atoms with E-state index in [9.17, 15) is 18.0 Å². The van der Waals surface area contributed by atoms with Crippen LogP contribution in [0.5, 0.6) is 0 Å². The third-order valence-electron chi connectivity index (χ3n) is 7.34. The van der Waals surface area contributed by atoms with Crippen molar-refractivity contribution in [2.24, 2.45) is 5.92 Å². The fourth-order valence-corrected chi connectivity index (χ4v) is 6.02. The molecule has 216 valence electrons. The molecular formula is C32H37N3O5S. The largest absolute Gasteiger partial charge is 0.478 e. The summed E-state index contributed by atoms with van der Waals surface area (Å²) in [6.45, 7) is 0.353. The number of carbonyl (C=O) groups excluding carboxylic acids is 1. The number of hydrogen-bond acceptors (Lipinski definition) is 5. The first-order chi connectivity index (χ1) is 19.5. The Kier molecular flexibility index (Phi) is 9.62. The van der Waals surface area contributed by atoms with Crippen LogP contribution in [0.25, 0.3) is 17.2 Å². The Morgan fingerprint density at radius 3 is 2.07 bits per heavy atom. The molecule has 3 aromatic carbocycles. The maximum atomic E-state index is 13.9. The molecule has 0 aliphatic heterocycles. The normalized spacial score (nSPS) is 17.3. The second kappa shape index (κ2) is 13.1. The van der Waals surface area contributed by atoms with E-state index in [1.807, 2.05) is 44.4 Å². The van der Waals surface area contributed by atoms with E-state index in [4.69, 9.17) is 5.11 Å². The van der Waals surface area contributed by atoms with Gasteiger partial charge in [-0.3, -0.25) is 4.79 Å². The van der Waals surface area contributed by atoms with E-state index in [2.05, 4.69) is 46.0 Å². The predicted octanol–water partition coefficient (Wildman–Crippen LogP) is 5.16. The zero-order chi connectivity index (χ0) is 29.6. The van der Waals surface area contributed by atoms with E-state index < -0.39 is 16.0 Å². The zero-order valence-electron chi connectivity index (χ0n) is 23.7. The van der Waals surface area contributed by atoms with Crippen LogP contribution >= 0.6 is 0 Å². The summed E-state index contributed by atoms with van der Waals surface area (Å²) in [4.78, 5) is 28.8. The Morgan fingerprint density at radius 1 is 0.902 bits per heavy atom. The number of nitrogens with zero attached hydrogens (tertiary/aromatic N) is 2. The maximum absolute atomic E-state index is 13.9. The number of hydrogen-bond donors (Lipinski definition) is 2. The van der Waals surface area contributed by atoms with Crippen LogP contribution in [0.3, 0.4) is 0 Å². The van der Waals surface area contributed by atoms with E-state index in [1.165, 1.54) is 6.08 Å². The summed E-state index contributed by atoms with van der Waals surface area (Å²) in [5.74, 6) is -1.30. The molecule has 3 aromatic rings. The predicted molar refractivity (Wildman–Crippen MR) is 164 cm³/mol. The van der Waals surface area contributed by atoms with Crippen molar-refractivity contribution in [2.45, 2.75) is 38.3 Å². The van der Waals surface area contributed by atoms with E-state index in [0.29, 0.717) is 43.5 Å². The van der Waals surface area contributed by atoms with Crippen LogP contribution < -0.4 is 14.5 Å². The van der Waals surface area contributed by atoms with Crippen molar-refractivity contribution < 1.29 is 23.1 Å². The highest BCUT2D eigenvalue weighted by atomic mass is 32.2. The number of aliphatic carboxylic acids is 1. The van der Waals surface area contributed by atoms with E-state index in [-0.39, 0.29) is 17.9 Å². The van der Waals surface area contributed by atoms with Gasteiger partial charge in [-0.15, -0.1) is 0 Å². The Balaban J connectivity index is 1.56. The fourth-order valence-electron chi connectivity index (χ4n) is 5.18. The number of carboxylic acid groups (broad SMARTS) is 1. The van der Waals surface area contributed by atoms with E-state index in [0.717, 1.165) is 34.7 Å². The molecule has 0 radical (unpaired) electrons. The molecule has 4 rings (SSSR count). The summed E-state index contributed by atoms with van der Waals surface area (Å²) in [6, 6.07) is 23.6. The molecule has 9 heteroatoms. The molecule has 0 bridgehead atoms. The van der Waals surface area contributed by atoms with Gasteiger partial charge in [0.05, 0.1) is 12.8 Å². The summed E-state index contributed by atoms with van der Waals surface area (Å²) in [6.07, 6.45) is 6.10. The van der Waals surface area contributed by atoms with Crippen LogP contribution in [-0.4, -0.2) is 51.8 Å². The molecule has 1 aliphatic carbocycles. The van der Waals surface area contributed by atoms with Crippen LogP contribution in [0.1, 0.15) is 36.8 Å². The molecule has 1 aliphatic rings.